The number of hydrogen-bond donors (Lipinski definition) is 1. The number of nitrogens with two attached hydrogens (primary N) is 1. The third kappa shape index (κ3) is 3.84. The summed E-state index contributed by atoms with van der Waals surface area (Å²) in [7, 11) is 4.02. The van der Waals surface area contributed by atoms with Crippen LogP contribution in [0, 0.1) is 0 Å². The van der Waals surface area contributed by atoms with E-state index < -0.39 is 0 Å². The fourth-order valence-corrected chi connectivity index (χ4v) is 2.73. The van der Waals surface area contributed by atoms with Gasteiger partial charge in [0.1, 0.15) is 0 Å². The number of rotatable bonds is 5. The molecular formula is C15H21BrN4. The number of nitrogens with zero attached hydrogens (tertiary/aromatic N) is 3. The first-order chi connectivity index (χ1) is 9.45. The quantitative estimate of drug-likeness (QED) is 0.913. The number of halogens is 1. The maximum Gasteiger partial charge on any atom is 0.0539 e. The van der Waals surface area contributed by atoms with Crippen LogP contribution in [0.2, 0.25) is 0 Å². The van der Waals surface area contributed by atoms with E-state index in [0.29, 0.717) is 0 Å². The summed E-state index contributed by atoms with van der Waals surface area (Å²) in [4.78, 5) is 2.21. The normalized spacial score (nSPS) is 12.4. The minimum Gasteiger partial charge on any atom is -0.370 e. The van der Waals surface area contributed by atoms with Crippen molar-refractivity contribution in [3.63, 3.8) is 0 Å². The maximum absolute atomic E-state index is 5.86. The maximum atomic E-state index is 5.86. The van der Waals surface area contributed by atoms with Crippen LogP contribution in [0.1, 0.15) is 18.1 Å². The number of aromatic nitrogens is 2. The largest absolute Gasteiger partial charge is 0.370 e. The molecule has 20 heavy (non-hydrogen) atoms. The lowest BCUT2D eigenvalue weighted by Gasteiger charge is -2.20. The average Bonchev–Trinajstić information content (AvgIpc) is 2.76. The Balaban J connectivity index is 2.10. The highest BCUT2D eigenvalue weighted by Crippen LogP contribution is 2.25. The van der Waals surface area contributed by atoms with E-state index in [4.69, 9.17) is 5.73 Å². The number of aryl methyl sites for hydroxylation is 1. The fourth-order valence-electron chi connectivity index (χ4n) is 2.20. The van der Waals surface area contributed by atoms with E-state index in [2.05, 4.69) is 51.2 Å². The molecule has 1 unspecified atom stereocenters. The fraction of sp³-hybridized carbons (Fsp3) is 0.400. The topological polar surface area (TPSA) is 47.1 Å². The van der Waals surface area contributed by atoms with Gasteiger partial charge in [-0.3, -0.25) is 4.68 Å². The van der Waals surface area contributed by atoms with Gasteiger partial charge in [-0.2, -0.15) is 5.10 Å². The molecule has 5 heteroatoms. The van der Waals surface area contributed by atoms with Gasteiger partial charge in [-0.15, -0.1) is 0 Å². The zero-order valence-electron chi connectivity index (χ0n) is 12.2. The van der Waals surface area contributed by atoms with Gasteiger partial charge in [-0.05, 0) is 31.0 Å². The Labute approximate surface area is 128 Å². The molecule has 1 heterocycles. The Hall–Kier alpha value is -1.33. The second-order valence-corrected chi connectivity index (χ2v) is 6.19. The molecule has 0 radical (unpaired) electrons. The van der Waals surface area contributed by atoms with Crippen molar-refractivity contribution < 1.29 is 0 Å². The molecule has 0 saturated heterocycles. The second-order valence-electron chi connectivity index (χ2n) is 5.34. The summed E-state index contributed by atoms with van der Waals surface area (Å²) in [6.07, 6.45) is 4.82. The third-order valence-electron chi connectivity index (χ3n) is 3.20. The molecule has 1 aromatic carbocycles. The van der Waals surface area contributed by atoms with E-state index in [1.165, 1.54) is 16.8 Å². The second kappa shape index (κ2) is 6.41. The minimum atomic E-state index is 0.172. The van der Waals surface area contributed by atoms with E-state index in [1.807, 2.05) is 31.0 Å². The molecule has 0 fully saturated rings. The Morgan fingerprint density at radius 2 is 2.20 bits per heavy atom. The molecule has 0 aliphatic heterocycles. The average molecular weight is 337 g/mol. The molecule has 0 aliphatic rings. The lowest BCUT2D eigenvalue weighted by Crippen LogP contribution is -2.19. The molecule has 0 saturated carbocycles. The summed E-state index contributed by atoms with van der Waals surface area (Å²) in [5, 5.41) is 4.19. The standard InChI is InChI=1S/C15H21BrN4/c1-11(17)6-13-4-5-14(7-15(13)16)19(2)9-12-8-18-20(3)10-12/h4-5,7-8,10-11H,6,9,17H2,1-3H3. The van der Waals surface area contributed by atoms with Crippen molar-refractivity contribution in [1.29, 1.82) is 0 Å². The van der Waals surface area contributed by atoms with Crippen LogP contribution in [0.15, 0.2) is 35.1 Å². The predicted octanol–water partition coefficient (Wildman–Crippen LogP) is 2.71. The van der Waals surface area contributed by atoms with Crippen molar-refractivity contribution in [2.45, 2.75) is 25.9 Å². The molecular weight excluding hydrogens is 316 g/mol. The summed E-state index contributed by atoms with van der Waals surface area (Å²) < 4.78 is 2.94. The summed E-state index contributed by atoms with van der Waals surface area (Å²) in [5.74, 6) is 0. The monoisotopic (exact) mass is 336 g/mol. The van der Waals surface area contributed by atoms with Crippen LogP contribution < -0.4 is 10.6 Å². The third-order valence-corrected chi connectivity index (χ3v) is 3.94. The number of anilines is 1. The first kappa shape index (κ1) is 15.1. The van der Waals surface area contributed by atoms with E-state index >= 15 is 0 Å². The van der Waals surface area contributed by atoms with E-state index in [-0.39, 0.29) is 6.04 Å². The van der Waals surface area contributed by atoms with Crippen LogP contribution in [-0.4, -0.2) is 22.9 Å². The highest BCUT2D eigenvalue weighted by molar-refractivity contribution is 9.10. The Bertz CT molecular complexity index is 577. The van der Waals surface area contributed by atoms with Gasteiger partial charge in [0.25, 0.3) is 0 Å². The highest BCUT2D eigenvalue weighted by Gasteiger charge is 2.08. The van der Waals surface area contributed by atoms with Gasteiger partial charge in [0, 0.05) is 48.6 Å². The summed E-state index contributed by atoms with van der Waals surface area (Å²) >= 11 is 3.63. The molecule has 2 aromatic rings. The van der Waals surface area contributed by atoms with Crippen LogP contribution in [0.3, 0.4) is 0 Å². The molecule has 1 aromatic heterocycles. The van der Waals surface area contributed by atoms with Crippen molar-refractivity contribution >= 4 is 21.6 Å². The minimum absolute atomic E-state index is 0.172. The first-order valence-electron chi connectivity index (χ1n) is 6.68. The first-order valence-corrected chi connectivity index (χ1v) is 7.47. The van der Waals surface area contributed by atoms with Crippen LogP contribution in [-0.2, 0) is 20.0 Å². The zero-order chi connectivity index (χ0) is 14.7. The predicted molar refractivity (Wildman–Crippen MR) is 86.8 cm³/mol. The van der Waals surface area contributed by atoms with E-state index in [0.717, 1.165) is 17.4 Å². The van der Waals surface area contributed by atoms with Crippen molar-refractivity contribution in [3.05, 3.63) is 46.2 Å². The number of hydrogen-bond acceptors (Lipinski definition) is 3. The molecule has 2 N–H and O–H groups in total. The van der Waals surface area contributed by atoms with Crippen molar-refractivity contribution in [2.75, 3.05) is 11.9 Å². The van der Waals surface area contributed by atoms with Gasteiger partial charge in [-0.1, -0.05) is 22.0 Å². The van der Waals surface area contributed by atoms with E-state index in [9.17, 15) is 0 Å². The zero-order valence-corrected chi connectivity index (χ0v) is 13.8. The molecule has 4 nitrogen and oxygen atoms in total. The van der Waals surface area contributed by atoms with Crippen LogP contribution in [0.5, 0.6) is 0 Å². The van der Waals surface area contributed by atoms with Crippen LogP contribution in [0.25, 0.3) is 0 Å². The molecule has 0 bridgehead atoms. The van der Waals surface area contributed by atoms with Crippen LogP contribution in [0.4, 0.5) is 5.69 Å². The molecule has 2 rings (SSSR count). The Kier molecular flexibility index (Phi) is 4.83. The summed E-state index contributed by atoms with van der Waals surface area (Å²) in [5.41, 5.74) is 9.48. The lowest BCUT2D eigenvalue weighted by molar-refractivity contribution is 0.736. The van der Waals surface area contributed by atoms with E-state index in [1.54, 1.807) is 0 Å². The van der Waals surface area contributed by atoms with Crippen molar-refractivity contribution in [2.24, 2.45) is 12.8 Å². The SMILES string of the molecule is CC(N)Cc1ccc(N(C)Cc2cnn(C)c2)cc1Br. The smallest absolute Gasteiger partial charge is 0.0539 e. The number of benzene rings is 1. The van der Waals surface area contributed by atoms with Crippen molar-refractivity contribution in [1.82, 2.24) is 9.78 Å². The highest BCUT2D eigenvalue weighted by atomic mass is 79.9. The van der Waals surface area contributed by atoms with Gasteiger partial charge < -0.3 is 10.6 Å². The van der Waals surface area contributed by atoms with Gasteiger partial charge in [0.2, 0.25) is 0 Å². The molecule has 1 atom stereocenters. The van der Waals surface area contributed by atoms with Gasteiger partial charge >= 0.3 is 0 Å². The van der Waals surface area contributed by atoms with Gasteiger partial charge in [-0.25, -0.2) is 0 Å². The van der Waals surface area contributed by atoms with Gasteiger partial charge in [0.15, 0.2) is 0 Å². The molecule has 0 amide bonds. The lowest BCUT2D eigenvalue weighted by atomic mass is 10.1. The van der Waals surface area contributed by atoms with Crippen LogP contribution >= 0.6 is 15.9 Å². The summed E-state index contributed by atoms with van der Waals surface area (Å²) in [6.45, 7) is 2.86. The molecule has 0 spiro atoms. The van der Waals surface area contributed by atoms with Gasteiger partial charge in [0.05, 0.1) is 6.20 Å². The Morgan fingerprint density at radius 3 is 2.75 bits per heavy atom. The Morgan fingerprint density at radius 1 is 1.45 bits per heavy atom. The summed E-state index contributed by atoms with van der Waals surface area (Å²) in [6, 6.07) is 6.60. The molecule has 0 aliphatic carbocycles. The van der Waals surface area contributed by atoms with Crippen molar-refractivity contribution in [3.8, 4) is 0 Å². The molecule has 108 valence electrons.